The highest BCUT2D eigenvalue weighted by molar-refractivity contribution is 6.74. The molecule has 2 N–H and O–H groups in total. The Morgan fingerprint density at radius 2 is 1.12 bits per heavy atom. The van der Waals surface area contributed by atoms with Crippen LogP contribution in [0.1, 0.15) is 75.2 Å². The Bertz CT molecular complexity index is 556. The smallest absolute Gasteiger partial charge is 0.407 e. The zero-order chi connectivity index (χ0) is 25.9. The van der Waals surface area contributed by atoms with Crippen molar-refractivity contribution in [3.63, 3.8) is 0 Å². The van der Waals surface area contributed by atoms with Crippen LogP contribution in [0.15, 0.2) is 0 Å². The van der Waals surface area contributed by atoms with Gasteiger partial charge >= 0.3 is 12.2 Å². The molecular weight excluding hydrogens is 438 g/mol. The van der Waals surface area contributed by atoms with Gasteiger partial charge in [0.05, 0.1) is 0 Å². The van der Waals surface area contributed by atoms with Crippen LogP contribution in [0.4, 0.5) is 9.59 Å². The zero-order valence-electron chi connectivity index (χ0n) is 23.1. The first-order valence-corrected chi connectivity index (χ1v) is 15.0. The van der Waals surface area contributed by atoms with Gasteiger partial charge in [0.1, 0.15) is 11.2 Å². The van der Waals surface area contributed by atoms with Crippen LogP contribution in [0.2, 0.25) is 18.1 Å². The van der Waals surface area contributed by atoms with Gasteiger partial charge in [0.15, 0.2) is 8.32 Å². The van der Waals surface area contributed by atoms with Crippen LogP contribution in [0, 0.1) is 0 Å². The minimum atomic E-state index is -1.80. The molecular formula is C24H51N3O5Si. The predicted molar refractivity (Wildman–Crippen MR) is 137 cm³/mol. The quantitative estimate of drug-likeness (QED) is 0.291. The Hall–Kier alpha value is -1.32. The predicted octanol–water partition coefficient (Wildman–Crippen LogP) is 5.14. The summed E-state index contributed by atoms with van der Waals surface area (Å²) in [6.07, 6.45) is 0.825. The van der Waals surface area contributed by atoms with Crippen molar-refractivity contribution in [3.8, 4) is 0 Å². The van der Waals surface area contributed by atoms with Crippen LogP contribution in [0.25, 0.3) is 0 Å². The van der Waals surface area contributed by atoms with Crippen LogP contribution in [0.3, 0.4) is 0 Å². The molecule has 0 unspecified atom stereocenters. The van der Waals surface area contributed by atoms with Gasteiger partial charge in [-0.3, -0.25) is 0 Å². The van der Waals surface area contributed by atoms with Crippen LogP contribution in [0.5, 0.6) is 0 Å². The molecule has 0 aromatic carbocycles. The summed E-state index contributed by atoms with van der Waals surface area (Å²) < 4.78 is 16.9. The number of hydrogen-bond acceptors (Lipinski definition) is 6. The Kier molecular flexibility index (Phi) is 13.0. The number of hydrogen-bond donors (Lipinski definition) is 2. The van der Waals surface area contributed by atoms with E-state index in [0.29, 0.717) is 19.7 Å². The molecule has 9 heteroatoms. The molecule has 196 valence electrons. The lowest BCUT2D eigenvalue weighted by atomic mass is 10.2. The minimum absolute atomic E-state index is 0.173. The van der Waals surface area contributed by atoms with Gasteiger partial charge in [-0.15, -0.1) is 0 Å². The summed E-state index contributed by atoms with van der Waals surface area (Å²) in [5.41, 5.74) is -1.00. The summed E-state index contributed by atoms with van der Waals surface area (Å²) in [4.78, 5) is 26.0. The molecule has 0 rings (SSSR count). The Morgan fingerprint density at radius 3 is 1.45 bits per heavy atom. The van der Waals surface area contributed by atoms with Gasteiger partial charge in [-0.1, -0.05) is 20.8 Å². The van der Waals surface area contributed by atoms with E-state index >= 15 is 0 Å². The summed E-state index contributed by atoms with van der Waals surface area (Å²) in [5.74, 6) is 0. The molecule has 0 atom stereocenters. The highest BCUT2D eigenvalue weighted by atomic mass is 28.4. The third-order valence-corrected chi connectivity index (χ3v) is 9.85. The highest BCUT2D eigenvalue weighted by Crippen LogP contribution is 2.36. The van der Waals surface area contributed by atoms with Gasteiger partial charge in [-0.05, 0) is 85.6 Å². The third kappa shape index (κ3) is 16.9. The molecule has 0 saturated heterocycles. The lowest BCUT2D eigenvalue weighted by Crippen LogP contribution is -2.43. The van der Waals surface area contributed by atoms with Crippen LogP contribution in [-0.4, -0.2) is 75.9 Å². The fourth-order valence-corrected chi connectivity index (χ4v) is 3.63. The summed E-state index contributed by atoms with van der Waals surface area (Å²) in [7, 11) is -1.80. The van der Waals surface area contributed by atoms with Gasteiger partial charge in [-0.25, -0.2) is 9.59 Å². The lowest BCUT2D eigenvalue weighted by molar-refractivity contribution is 0.0516. The van der Waals surface area contributed by atoms with Crippen molar-refractivity contribution >= 4 is 20.5 Å². The second-order valence-electron chi connectivity index (χ2n) is 12.0. The molecule has 8 nitrogen and oxygen atoms in total. The average Bonchev–Trinajstić information content (AvgIpc) is 2.57. The number of carbonyl (C=O) groups excluding carboxylic acids is 2. The van der Waals surface area contributed by atoms with Crippen molar-refractivity contribution in [1.29, 1.82) is 0 Å². The van der Waals surface area contributed by atoms with Crippen molar-refractivity contribution in [2.75, 3.05) is 39.3 Å². The monoisotopic (exact) mass is 489 g/mol. The van der Waals surface area contributed by atoms with E-state index in [1.807, 2.05) is 41.5 Å². The van der Waals surface area contributed by atoms with E-state index in [-0.39, 0.29) is 5.04 Å². The minimum Gasteiger partial charge on any atom is -0.444 e. The normalized spacial score (nSPS) is 13.1. The van der Waals surface area contributed by atoms with Gasteiger partial charge in [0, 0.05) is 26.2 Å². The van der Waals surface area contributed by atoms with Gasteiger partial charge in [-0.2, -0.15) is 0 Å². The molecule has 0 bridgehead atoms. The Labute approximate surface area is 203 Å². The molecule has 0 fully saturated rings. The van der Waals surface area contributed by atoms with Crippen molar-refractivity contribution in [3.05, 3.63) is 0 Å². The summed E-state index contributed by atoms with van der Waals surface area (Å²) in [5, 5.41) is 5.80. The maximum Gasteiger partial charge on any atom is 0.407 e. The number of carbonyl (C=O) groups is 2. The standard InChI is InChI=1S/C24H51N3O5Si/c1-22(2,3)31-20(28)25-14-12-16-27(18-19-30-33(10,11)24(7,8)9)17-13-15-26-21(29)32-23(4,5)6/h12-19H2,1-11H3,(H,25,28)(H,26,29). The van der Waals surface area contributed by atoms with Gasteiger partial charge < -0.3 is 29.4 Å². The second-order valence-corrected chi connectivity index (χ2v) is 16.8. The van der Waals surface area contributed by atoms with E-state index in [1.54, 1.807) is 0 Å². The van der Waals surface area contributed by atoms with Crippen LogP contribution >= 0.6 is 0 Å². The van der Waals surface area contributed by atoms with Crippen molar-refractivity contribution in [2.45, 2.75) is 104 Å². The van der Waals surface area contributed by atoms with E-state index in [4.69, 9.17) is 13.9 Å². The highest BCUT2D eigenvalue weighted by Gasteiger charge is 2.37. The van der Waals surface area contributed by atoms with Gasteiger partial charge in [0.2, 0.25) is 0 Å². The molecule has 0 aliphatic carbocycles. The first kappa shape index (κ1) is 31.7. The topological polar surface area (TPSA) is 89.1 Å². The third-order valence-electron chi connectivity index (χ3n) is 5.32. The number of rotatable bonds is 12. The van der Waals surface area contributed by atoms with E-state index < -0.39 is 31.7 Å². The lowest BCUT2D eigenvalue weighted by Gasteiger charge is -2.37. The largest absolute Gasteiger partial charge is 0.444 e. The first-order chi connectivity index (χ1) is 14.8. The summed E-state index contributed by atoms with van der Waals surface area (Å²) in [6.45, 7) is 26.5. The SMILES string of the molecule is CC(C)(C)OC(=O)NCCCN(CCCNC(=O)OC(C)(C)C)CCO[Si](C)(C)C(C)(C)C. The van der Waals surface area contributed by atoms with E-state index in [2.05, 4.69) is 49.4 Å². The van der Waals surface area contributed by atoms with Crippen molar-refractivity contribution < 1.29 is 23.5 Å². The molecule has 0 heterocycles. The maximum atomic E-state index is 11.8. The number of amides is 2. The maximum absolute atomic E-state index is 11.8. The number of nitrogens with zero attached hydrogens (tertiary/aromatic N) is 1. The molecule has 0 radical (unpaired) electrons. The summed E-state index contributed by atoms with van der Waals surface area (Å²) >= 11 is 0. The molecule has 0 aliphatic rings. The number of alkyl carbamates (subject to hydrolysis) is 2. The number of ether oxygens (including phenoxy) is 2. The second kappa shape index (κ2) is 13.5. The van der Waals surface area contributed by atoms with Crippen molar-refractivity contribution in [1.82, 2.24) is 15.5 Å². The Morgan fingerprint density at radius 1 is 0.727 bits per heavy atom. The molecule has 2 amide bonds. The van der Waals surface area contributed by atoms with Crippen molar-refractivity contribution in [2.24, 2.45) is 0 Å². The fourth-order valence-electron chi connectivity index (χ4n) is 2.60. The van der Waals surface area contributed by atoms with E-state index in [0.717, 1.165) is 32.5 Å². The first-order valence-electron chi connectivity index (χ1n) is 12.1. The molecule has 0 aromatic rings. The van der Waals surface area contributed by atoms with E-state index in [9.17, 15) is 9.59 Å². The molecule has 0 aliphatic heterocycles. The molecule has 0 spiro atoms. The Balaban J connectivity index is 4.57. The fraction of sp³-hybridized carbons (Fsp3) is 0.917. The molecule has 33 heavy (non-hydrogen) atoms. The number of nitrogens with one attached hydrogen (secondary N) is 2. The molecule has 0 aromatic heterocycles. The van der Waals surface area contributed by atoms with Crippen LogP contribution < -0.4 is 10.6 Å². The average molecular weight is 490 g/mol. The van der Waals surface area contributed by atoms with Crippen LogP contribution in [-0.2, 0) is 13.9 Å². The molecule has 0 saturated carbocycles. The zero-order valence-corrected chi connectivity index (χ0v) is 24.1. The summed E-state index contributed by atoms with van der Waals surface area (Å²) in [6, 6.07) is 0. The van der Waals surface area contributed by atoms with Gasteiger partial charge in [0.25, 0.3) is 0 Å². The van der Waals surface area contributed by atoms with E-state index in [1.165, 1.54) is 0 Å².